The number of hydrogen-bond donors (Lipinski definition) is 2. The molecule has 1 aromatic rings. The highest BCUT2D eigenvalue weighted by atomic mass is 32.2. The summed E-state index contributed by atoms with van der Waals surface area (Å²) in [5, 5.41) is 22.1. The number of carboxylic acid groups (broad SMARTS) is 1. The molecule has 2 N–H and O–H groups in total. The zero-order chi connectivity index (χ0) is 14.4. The van der Waals surface area contributed by atoms with Gasteiger partial charge in [-0.05, 0) is 13.8 Å². The zero-order valence-corrected chi connectivity index (χ0v) is 11.2. The van der Waals surface area contributed by atoms with Crippen LogP contribution >= 0.6 is 0 Å². The Morgan fingerprint density at radius 1 is 1.47 bits per heavy atom. The first-order valence-electron chi connectivity index (χ1n) is 5.60. The molecule has 106 valence electrons. The van der Waals surface area contributed by atoms with E-state index in [4.69, 9.17) is 9.63 Å². The molecule has 0 bridgehead atoms. The Morgan fingerprint density at radius 3 is 2.58 bits per heavy atom. The number of rotatable bonds is 3. The number of hydrogen-bond acceptors (Lipinski definition) is 6. The van der Waals surface area contributed by atoms with Gasteiger partial charge in [0.15, 0.2) is 5.76 Å². The molecule has 1 aliphatic heterocycles. The number of aryl methyl sites for hydroxylation is 2. The Kier molecular flexibility index (Phi) is 3.37. The van der Waals surface area contributed by atoms with Crippen LogP contribution in [0.2, 0.25) is 0 Å². The van der Waals surface area contributed by atoms with Crippen molar-refractivity contribution in [2.75, 3.05) is 6.54 Å². The average Bonchev–Trinajstić information content (AvgIpc) is 2.83. The van der Waals surface area contributed by atoms with Crippen LogP contribution in [0.4, 0.5) is 0 Å². The van der Waals surface area contributed by atoms with Crippen molar-refractivity contribution in [3.63, 3.8) is 0 Å². The second-order valence-electron chi connectivity index (χ2n) is 4.47. The summed E-state index contributed by atoms with van der Waals surface area (Å²) in [6.07, 6.45) is -1.12. The van der Waals surface area contributed by atoms with Crippen LogP contribution in [0.5, 0.6) is 0 Å². The van der Waals surface area contributed by atoms with E-state index in [0.29, 0.717) is 0 Å². The minimum atomic E-state index is -4.05. The van der Waals surface area contributed by atoms with Crippen LogP contribution in [0, 0.1) is 13.8 Å². The van der Waals surface area contributed by atoms with Crippen molar-refractivity contribution in [2.45, 2.75) is 37.3 Å². The van der Waals surface area contributed by atoms with Crippen LogP contribution in [-0.4, -0.2) is 52.8 Å². The second kappa shape index (κ2) is 4.58. The summed E-state index contributed by atoms with van der Waals surface area (Å²) in [6, 6.07) is -1.27. The third kappa shape index (κ3) is 2.24. The van der Waals surface area contributed by atoms with E-state index in [-0.39, 0.29) is 29.3 Å². The van der Waals surface area contributed by atoms with Gasteiger partial charge in [0, 0.05) is 13.0 Å². The Bertz CT molecular complexity index is 588. The number of aliphatic carboxylic acids is 1. The molecule has 19 heavy (non-hydrogen) atoms. The van der Waals surface area contributed by atoms with Gasteiger partial charge in [0.25, 0.3) is 0 Å². The molecule has 1 saturated heterocycles. The van der Waals surface area contributed by atoms with Crippen molar-refractivity contribution in [3.05, 3.63) is 11.5 Å². The monoisotopic (exact) mass is 290 g/mol. The summed E-state index contributed by atoms with van der Waals surface area (Å²) in [7, 11) is -4.05. The van der Waals surface area contributed by atoms with Crippen LogP contribution in [-0.2, 0) is 14.8 Å². The van der Waals surface area contributed by atoms with Crippen molar-refractivity contribution in [2.24, 2.45) is 0 Å². The van der Waals surface area contributed by atoms with Crippen molar-refractivity contribution in [1.82, 2.24) is 9.46 Å². The van der Waals surface area contributed by atoms with Gasteiger partial charge in [-0.1, -0.05) is 5.16 Å². The summed E-state index contributed by atoms with van der Waals surface area (Å²) >= 11 is 0. The standard InChI is InChI=1S/C10H14N2O6S/c1-5-9(6(2)18-11-5)19(16,17)12-4-7(13)3-8(12)10(14)15/h7-8,13H,3-4H2,1-2H3,(H,14,15)/t7-,8+/m1/s1. The van der Waals surface area contributed by atoms with Crippen molar-refractivity contribution in [1.29, 1.82) is 0 Å². The molecule has 0 spiro atoms. The van der Waals surface area contributed by atoms with E-state index in [9.17, 15) is 18.3 Å². The molecule has 0 saturated carbocycles. The maximum Gasteiger partial charge on any atom is 0.322 e. The molecule has 0 unspecified atom stereocenters. The fraction of sp³-hybridized carbons (Fsp3) is 0.600. The van der Waals surface area contributed by atoms with Crippen LogP contribution in [0.1, 0.15) is 17.9 Å². The predicted octanol–water partition coefficient (Wildman–Crippen LogP) is -0.500. The molecule has 8 nitrogen and oxygen atoms in total. The number of carboxylic acids is 1. The first-order valence-corrected chi connectivity index (χ1v) is 7.04. The van der Waals surface area contributed by atoms with E-state index in [1.165, 1.54) is 13.8 Å². The Labute approximate surface area is 109 Å². The molecule has 2 rings (SSSR count). The third-order valence-electron chi connectivity index (χ3n) is 3.05. The molecular formula is C10H14N2O6S. The zero-order valence-electron chi connectivity index (χ0n) is 10.4. The Balaban J connectivity index is 2.48. The molecule has 0 aromatic carbocycles. The van der Waals surface area contributed by atoms with Crippen molar-refractivity contribution >= 4 is 16.0 Å². The van der Waals surface area contributed by atoms with E-state index >= 15 is 0 Å². The minimum Gasteiger partial charge on any atom is -0.480 e. The Morgan fingerprint density at radius 2 is 2.11 bits per heavy atom. The van der Waals surface area contributed by atoms with Crippen LogP contribution < -0.4 is 0 Å². The molecule has 0 amide bonds. The lowest BCUT2D eigenvalue weighted by atomic mass is 10.2. The highest BCUT2D eigenvalue weighted by molar-refractivity contribution is 7.89. The molecule has 2 atom stereocenters. The second-order valence-corrected chi connectivity index (χ2v) is 6.30. The number of aliphatic hydroxyl groups is 1. The fourth-order valence-corrected chi connectivity index (χ4v) is 4.16. The number of carbonyl (C=O) groups is 1. The van der Waals surface area contributed by atoms with Gasteiger partial charge in [-0.2, -0.15) is 4.31 Å². The predicted molar refractivity (Wildman–Crippen MR) is 61.9 cm³/mol. The van der Waals surface area contributed by atoms with E-state index in [1.807, 2.05) is 0 Å². The highest BCUT2D eigenvalue weighted by Crippen LogP contribution is 2.29. The number of β-amino-alcohol motifs (C(OH)–C–C–N with tert-alkyl or cyclic N) is 1. The molecule has 1 fully saturated rings. The molecular weight excluding hydrogens is 276 g/mol. The molecule has 0 radical (unpaired) electrons. The number of sulfonamides is 1. The molecule has 0 aliphatic carbocycles. The van der Waals surface area contributed by atoms with Gasteiger partial charge in [-0.25, -0.2) is 8.42 Å². The summed E-state index contributed by atoms with van der Waals surface area (Å²) in [5.74, 6) is -1.19. The summed E-state index contributed by atoms with van der Waals surface area (Å²) < 4.78 is 30.5. The first-order chi connectivity index (χ1) is 8.75. The van der Waals surface area contributed by atoms with Gasteiger partial charge in [0.1, 0.15) is 16.6 Å². The van der Waals surface area contributed by atoms with Crippen LogP contribution in [0.15, 0.2) is 9.42 Å². The lowest BCUT2D eigenvalue weighted by molar-refractivity contribution is -0.140. The van der Waals surface area contributed by atoms with E-state index in [1.54, 1.807) is 0 Å². The van der Waals surface area contributed by atoms with Gasteiger partial charge in [0.05, 0.1) is 6.10 Å². The van der Waals surface area contributed by atoms with E-state index in [0.717, 1.165) is 4.31 Å². The summed E-state index contributed by atoms with van der Waals surface area (Å²) in [6.45, 7) is 2.66. The maximum atomic E-state index is 12.4. The van der Waals surface area contributed by atoms with Crippen molar-refractivity contribution in [3.8, 4) is 0 Å². The molecule has 1 aliphatic rings. The molecule has 9 heteroatoms. The largest absolute Gasteiger partial charge is 0.480 e. The van der Waals surface area contributed by atoms with Gasteiger partial charge in [-0.3, -0.25) is 4.79 Å². The fourth-order valence-electron chi connectivity index (χ4n) is 2.23. The normalized spacial score (nSPS) is 24.8. The van der Waals surface area contributed by atoms with Gasteiger partial charge in [0.2, 0.25) is 10.0 Å². The maximum absolute atomic E-state index is 12.4. The minimum absolute atomic E-state index is 0.100. The highest BCUT2D eigenvalue weighted by Gasteiger charge is 2.45. The van der Waals surface area contributed by atoms with Gasteiger partial charge < -0.3 is 14.7 Å². The van der Waals surface area contributed by atoms with Crippen molar-refractivity contribution < 1.29 is 27.9 Å². The number of nitrogens with zero attached hydrogens (tertiary/aromatic N) is 2. The molecule has 1 aromatic heterocycles. The van der Waals surface area contributed by atoms with Gasteiger partial charge in [-0.15, -0.1) is 0 Å². The Hall–Kier alpha value is -1.45. The first kappa shape index (κ1) is 14.0. The van der Waals surface area contributed by atoms with E-state index in [2.05, 4.69) is 5.16 Å². The average molecular weight is 290 g/mol. The molecule has 2 heterocycles. The smallest absolute Gasteiger partial charge is 0.322 e. The third-order valence-corrected chi connectivity index (χ3v) is 5.17. The SMILES string of the molecule is Cc1noc(C)c1S(=O)(=O)N1C[C@H](O)C[C@H]1C(=O)O. The quantitative estimate of drug-likeness (QED) is 0.769. The van der Waals surface area contributed by atoms with Crippen LogP contribution in [0.25, 0.3) is 0 Å². The van der Waals surface area contributed by atoms with E-state index < -0.39 is 28.1 Å². The summed E-state index contributed by atoms with van der Waals surface area (Å²) in [4.78, 5) is 11.0. The van der Waals surface area contributed by atoms with Gasteiger partial charge >= 0.3 is 5.97 Å². The summed E-state index contributed by atoms with van der Waals surface area (Å²) in [5.41, 5.74) is 0.169. The van der Waals surface area contributed by atoms with Crippen LogP contribution in [0.3, 0.4) is 0 Å². The number of aromatic nitrogens is 1. The topological polar surface area (TPSA) is 121 Å². The lowest BCUT2D eigenvalue weighted by Crippen LogP contribution is -2.40. The number of aliphatic hydroxyl groups excluding tert-OH is 1. The lowest BCUT2D eigenvalue weighted by Gasteiger charge is -2.20.